The highest BCUT2D eigenvalue weighted by Crippen LogP contribution is 2.18. The van der Waals surface area contributed by atoms with E-state index in [-0.39, 0.29) is 5.69 Å². The minimum atomic E-state index is -1.45. The van der Waals surface area contributed by atoms with Crippen molar-refractivity contribution in [3.05, 3.63) is 59.4 Å². The van der Waals surface area contributed by atoms with Crippen molar-refractivity contribution < 1.29 is 13.2 Å². The summed E-state index contributed by atoms with van der Waals surface area (Å²) < 4.78 is 38.9. The van der Waals surface area contributed by atoms with Gasteiger partial charge in [0.25, 0.3) is 0 Å². The van der Waals surface area contributed by atoms with Crippen molar-refractivity contribution >= 4 is 11.4 Å². The van der Waals surface area contributed by atoms with Crippen molar-refractivity contribution in [1.82, 2.24) is 0 Å². The Kier molecular flexibility index (Phi) is 4.17. The van der Waals surface area contributed by atoms with Gasteiger partial charge in [0.15, 0.2) is 17.5 Å². The van der Waals surface area contributed by atoms with E-state index in [1.165, 1.54) is 0 Å². The monoisotopic (exact) mass is 280 g/mol. The summed E-state index contributed by atoms with van der Waals surface area (Å²) in [5.41, 5.74) is 2.23. The van der Waals surface area contributed by atoms with Crippen LogP contribution in [0, 0.1) is 17.5 Å². The van der Waals surface area contributed by atoms with Gasteiger partial charge in [-0.3, -0.25) is 0 Å². The van der Waals surface area contributed by atoms with Crippen molar-refractivity contribution in [2.45, 2.75) is 6.54 Å². The Bertz CT molecular complexity index is 572. The second-order valence-electron chi connectivity index (χ2n) is 4.67. The zero-order valence-electron chi connectivity index (χ0n) is 11.3. The second-order valence-corrected chi connectivity index (χ2v) is 4.67. The molecule has 1 N–H and O–H groups in total. The van der Waals surface area contributed by atoms with Gasteiger partial charge in [-0.2, -0.15) is 0 Å². The first-order chi connectivity index (χ1) is 9.47. The molecule has 5 heteroatoms. The molecule has 0 aromatic heterocycles. The molecule has 0 aliphatic carbocycles. The largest absolute Gasteiger partial charge is 0.381 e. The van der Waals surface area contributed by atoms with E-state index >= 15 is 0 Å². The molecule has 0 bridgehead atoms. The molecule has 0 fully saturated rings. The van der Waals surface area contributed by atoms with Gasteiger partial charge in [0.05, 0.1) is 0 Å². The van der Waals surface area contributed by atoms with Crippen LogP contribution in [0.2, 0.25) is 0 Å². The normalized spacial score (nSPS) is 10.4. The Labute approximate surface area is 115 Å². The summed E-state index contributed by atoms with van der Waals surface area (Å²) in [5, 5.41) is 2.86. The van der Waals surface area contributed by atoms with Gasteiger partial charge in [-0.25, -0.2) is 13.2 Å². The highest BCUT2D eigenvalue weighted by molar-refractivity contribution is 5.48. The molecule has 0 atom stereocenters. The molecule has 0 aliphatic rings. The zero-order valence-corrected chi connectivity index (χ0v) is 11.3. The summed E-state index contributed by atoms with van der Waals surface area (Å²) in [4.78, 5) is 1.97. The number of rotatable bonds is 4. The van der Waals surface area contributed by atoms with Gasteiger partial charge in [0, 0.05) is 44.1 Å². The molecule has 0 unspecified atom stereocenters. The Morgan fingerprint density at radius 1 is 0.950 bits per heavy atom. The average Bonchev–Trinajstić information content (AvgIpc) is 2.42. The lowest BCUT2D eigenvalue weighted by molar-refractivity contribution is 0.447. The third-order valence-electron chi connectivity index (χ3n) is 2.93. The fourth-order valence-electron chi connectivity index (χ4n) is 1.77. The highest BCUT2D eigenvalue weighted by atomic mass is 19.2. The molecule has 20 heavy (non-hydrogen) atoms. The van der Waals surface area contributed by atoms with Crippen molar-refractivity contribution in [2.75, 3.05) is 24.3 Å². The average molecular weight is 280 g/mol. The van der Waals surface area contributed by atoms with E-state index in [0.29, 0.717) is 6.54 Å². The van der Waals surface area contributed by atoms with Crippen LogP contribution < -0.4 is 10.2 Å². The van der Waals surface area contributed by atoms with Crippen LogP contribution in [-0.2, 0) is 6.54 Å². The van der Waals surface area contributed by atoms with E-state index in [4.69, 9.17) is 0 Å². The maximum atomic E-state index is 13.0. The lowest BCUT2D eigenvalue weighted by Gasteiger charge is -2.13. The molecule has 2 nitrogen and oxygen atoms in total. The van der Waals surface area contributed by atoms with E-state index in [0.717, 1.165) is 23.4 Å². The van der Waals surface area contributed by atoms with Crippen LogP contribution >= 0.6 is 0 Å². The summed E-state index contributed by atoms with van der Waals surface area (Å²) in [6, 6.07) is 9.60. The van der Waals surface area contributed by atoms with Gasteiger partial charge in [0.2, 0.25) is 0 Å². The maximum Gasteiger partial charge on any atom is 0.194 e. The third kappa shape index (κ3) is 3.23. The second kappa shape index (κ2) is 5.86. The minimum absolute atomic E-state index is 0.207. The predicted octanol–water partition coefficient (Wildman–Crippen LogP) is 3.78. The summed E-state index contributed by atoms with van der Waals surface area (Å²) in [7, 11) is 3.88. The van der Waals surface area contributed by atoms with E-state index < -0.39 is 17.5 Å². The van der Waals surface area contributed by atoms with Gasteiger partial charge in [-0.05, 0) is 17.7 Å². The van der Waals surface area contributed by atoms with Crippen molar-refractivity contribution in [2.24, 2.45) is 0 Å². The van der Waals surface area contributed by atoms with Gasteiger partial charge < -0.3 is 10.2 Å². The number of hydrogen-bond acceptors (Lipinski definition) is 2. The molecule has 2 aromatic carbocycles. The third-order valence-corrected chi connectivity index (χ3v) is 2.93. The molecule has 2 aromatic rings. The van der Waals surface area contributed by atoms with Crippen LogP contribution in [0.4, 0.5) is 24.5 Å². The molecular weight excluding hydrogens is 265 g/mol. The smallest absolute Gasteiger partial charge is 0.194 e. The SMILES string of the molecule is CN(C)c1ccc(CNc2cc(F)c(F)c(F)c2)cc1. The van der Waals surface area contributed by atoms with Gasteiger partial charge in [0.1, 0.15) is 0 Å². The van der Waals surface area contributed by atoms with Crippen molar-refractivity contribution in [1.29, 1.82) is 0 Å². The molecule has 0 radical (unpaired) electrons. The van der Waals surface area contributed by atoms with E-state index in [1.54, 1.807) is 0 Å². The Balaban J connectivity index is 2.05. The number of nitrogens with one attached hydrogen (secondary N) is 1. The first-order valence-electron chi connectivity index (χ1n) is 6.12. The van der Waals surface area contributed by atoms with Crippen LogP contribution in [0.1, 0.15) is 5.56 Å². The Morgan fingerprint density at radius 3 is 2.00 bits per heavy atom. The van der Waals surface area contributed by atoms with Crippen molar-refractivity contribution in [3.63, 3.8) is 0 Å². The van der Waals surface area contributed by atoms with Gasteiger partial charge in [-0.1, -0.05) is 12.1 Å². The van der Waals surface area contributed by atoms with E-state index in [9.17, 15) is 13.2 Å². The predicted molar refractivity (Wildman–Crippen MR) is 74.4 cm³/mol. The lowest BCUT2D eigenvalue weighted by Crippen LogP contribution is -2.08. The minimum Gasteiger partial charge on any atom is -0.381 e. The fourth-order valence-corrected chi connectivity index (χ4v) is 1.77. The van der Waals surface area contributed by atoms with Crippen LogP contribution in [-0.4, -0.2) is 14.1 Å². The van der Waals surface area contributed by atoms with E-state index in [1.807, 2.05) is 43.3 Å². The quantitative estimate of drug-likeness (QED) is 0.857. The lowest BCUT2D eigenvalue weighted by atomic mass is 10.2. The summed E-state index contributed by atoms with van der Waals surface area (Å²) in [5.74, 6) is -3.85. The van der Waals surface area contributed by atoms with Crippen LogP contribution in [0.25, 0.3) is 0 Å². The van der Waals surface area contributed by atoms with Gasteiger partial charge in [-0.15, -0.1) is 0 Å². The topological polar surface area (TPSA) is 15.3 Å². The van der Waals surface area contributed by atoms with E-state index in [2.05, 4.69) is 5.32 Å². The molecule has 106 valence electrons. The molecule has 0 amide bonds. The number of halogens is 3. The summed E-state index contributed by atoms with van der Waals surface area (Å²) in [6.45, 7) is 0.401. The first kappa shape index (κ1) is 14.2. The molecular formula is C15H15F3N2. The number of nitrogens with zero attached hydrogens (tertiary/aromatic N) is 1. The number of benzene rings is 2. The summed E-state index contributed by atoms with van der Waals surface area (Å²) >= 11 is 0. The first-order valence-corrected chi connectivity index (χ1v) is 6.12. The van der Waals surface area contributed by atoms with Crippen LogP contribution in [0.3, 0.4) is 0 Å². The molecule has 0 aliphatic heterocycles. The number of anilines is 2. The van der Waals surface area contributed by atoms with Gasteiger partial charge >= 0.3 is 0 Å². The zero-order chi connectivity index (χ0) is 14.7. The number of hydrogen-bond donors (Lipinski definition) is 1. The van der Waals surface area contributed by atoms with Crippen molar-refractivity contribution in [3.8, 4) is 0 Å². The van der Waals surface area contributed by atoms with Crippen LogP contribution in [0.15, 0.2) is 36.4 Å². The molecule has 0 spiro atoms. The standard InChI is InChI=1S/C15H15F3N2/c1-20(2)12-5-3-10(4-6-12)9-19-11-7-13(16)15(18)14(17)8-11/h3-8,19H,9H2,1-2H3. The molecule has 0 saturated carbocycles. The molecule has 2 rings (SSSR count). The Morgan fingerprint density at radius 2 is 1.50 bits per heavy atom. The highest BCUT2D eigenvalue weighted by Gasteiger charge is 2.10. The molecule has 0 heterocycles. The molecule has 0 saturated heterocycles. The maximum absolute atomic E-state index is 13.0. The summed E-state index contributed by atoms with van der Waals surface area (Å²) in [6.07, 6.45) is 0. The Hall–Kier alpha value is -2.17. The fraction of sp³-hybridized carbons (Fsp3) is 0.200. The van der Waals surface area contributed by atoms with Crippen LogP contribution in [0.5, 0.6) is 0 Å².